The standard InChI is InChI=1S/C13H17N3O/c1-9-4-5-12(17-9)11-8-15-13(16-11)7-10-3-2-6-14-10/h4-5,8,10,14H,2-3,6-7H2,1H3,(H,15,16). The molecule has 1 atom stereocenters. The Labute approximate surface area is 100 Å². The molecule has 90 valence electrons. The Hall–Kier alpha value is -1.55. The molecular weight excluding hydrogens is 214 g/mol. The van der Waals surface area contributed by atoms with Crippen LogP contribution in [0.25, 0.3) is 11.5 Å². The Balaban J connectivity index is 1.73. The molecule has 1 unspecified atom stereocenters. The van der Waals surface area contributed by atoms with Crippen LogP contribution >= 0.6 is 0 Å². The van der Waals surface area contributed by atoms with Gasteiger partial charge in [0.1, 0.15) is 17.3 Å². The molecule has 0 spiro atoms. The summed E-state index contributed by atoms with van der Waals surface area (Å²) in [4.78, 5) is 7.73. The van der Waals surface area contributed by atoms with Gasteiger partial charge < -0.3 is 14.7 Å². The zero-order chi connectivity index (χ0) is 11.7. The lowest BCUT2D eigenvalue weighted by Crippen LogP contribution is -2.24. The molecule has 2 N–H and O–H groups in total. The first kappa shape index (κ1) is 10.6. The molecule has 1 aliphatic heterocycles. The maximum Gasteiger partial charge on any atom is 0.152 e. The molecule has 0 radical (unpaired) electrons. The first-order valence-corrected chi connectivity index (χ1v) is 6.15. The van der Waals surface area contributed by atoms with Crippen molar-refractivity contribution in [3.8, 4) is 11.5 Å². The third kappa shape index (κ3) is 2.26. The number of aryl methyl sites for hydroxylation is 1. The van der Waals surface area contributed by atoms with Crippen molar-refractivity contribution in [1.82, 2.24) is 15.3 Å². The van der Waals surface area contributed by atoms with E-state index in [-0.39, 0.29) is 0 Å². The number of aromatic nitrogens is 2. The molecule has 0 saturated carbocycles. The summed E-state index contributed by atoms with van der Waals surface area (Å²) in [5.74, 6) is 2.82. The van der Waals surface area contributed by atoms with Gasteiger partial charge in [0.15, 0.2) is 5.76 Å². The van der Waals surface area contributed by atoms with Crippen LogP contribution < -0.4 is 5.32 Å². The third-order valence-electron chi connectivity index (χ3n) is 3.24. The smallest absolute Gasteiger partial charge is 0.152 e. The lowest BCUT2D eigenvalue weighted by molar-refractivity contribution is 0.546. The van der Waals surface area contributed by atoms with Gasteiger partial charge in [-0.25, -0.2) is 4.98 Å². The highest BCUT2D eigenvalue weighted by Crippen LogP contribution is 2.20. The molecule has 1 aliphatic rings. The van der Waals surface area contributed by atoms with E-state index in [1.165, 1.54) is 12.8 Å². The Morgan fingerprint density at radius 2 is 2.41 bits per heavy atom. The number of H-pyrrole nitrogens is 1. The fraction of sp³-hybridized carbons (Fsp3) is 0.462. The van der Waals surface area contributed by atoms with Gasteiger partial charge in [0, 0.05) is 12.5 Å². The highest BCUT2D eigenvalue weighted by atomic mass is 16.3. The molecule has 1 fully saturated rings. The van der Waals surface area contributed by atoms with Crippen molar-refractivity contribution in [2.24, 2.45) is 0 Å². The minimum Gasteiger partial charge on any atom is -0.460 e. The quantitative estimate of drug-likeness (QED) is 0.852. The molecule has 2 aromatic rings. The zero-order valence-electron chi connectivity index (χ0n) is 9.99. The second kappa shape index (κ2) is 4.37. The van der Waals surface area contributed by atoms with Gasteiger partial charge in [-0.15, -0.1) is 0 Å². The molecule has 3 rings (SSSR count). The van der Waals surface area contributed by atoms with Crippen molar-refractivity contribution in [3.05, 3.63) is 29.9 Å². The largest absolute Gasteiger partial charge is 0.460 e. The van der Waals surface area contributed by atoms with Crippen LogP contribution in [0.3, 0.4) is 0 Å². The Kier molecular flexibility index (Phi) is 2.73. The van der Waals surface area contributed by atoms with Gasteiger partial charge in [0.2, 0.25) is 0 Å². The third-order valence-corrected chi connectivity index (χ3v) is 3.24. The fourth-order valence-corrected chi connectivity index (χ4v) is 2.34. The van der Waals surface area contributed by atoms with Crippen molar-refractivity contribution >= 4 is 0 Å². The molecule has 4 heteroatoms. The fourth-order valence-electron chi connectivity index (χ4n) is 2.34. The van der Waals surface area contributed by atoms with Crippen LogP contribution in [0.5, 0.6) is 0 Å². The predicted molar refractivity (Wildman–Crippen MR) is 65.8 cm³/mol. The Morgan fingerprint density at radius 1 is 1.47 bits per heavy atom. The van der Waals surface area contributed by atoms with Crippen molar-refractivity contribution in [2.45, 2.75) is 32.2 Å². The van der Waals surface area contributed by atoms with Crippen LogP contribution in [0, 0.1) is 6.92 Å². The second-order valence-electron chi connectivity index (χ2n) is 4.65. The van der Waals surface area contributed by atoms with E-state index in [0.29, 0.717) is 6.04 Å². The van der Waals surface area contributed by atoms with Gasteiger partial charge in [0.25, 0.3) is 0 Å². The van der Waals surface area contributed by atoms with E-state index in [4.69, 9.17) is 4.42 Å². The Morgan fingerprint density at radius 3 is 3.12 bits per heavy atom. The molecule has 0 bridgehead atoms. The number of rotatable bonds is 3. The number of nitrogens with zero attached hydrogens (tertiary/aromatic N) is 1. The summed E-state index contributed by atoms with van der Waals surface area (Å²) in [6.45, 7) is 3.08. The first-order chi connectivity index (χ1) is 8.31. The number of hydrogen-bond acceptors (Lipinski definition) is 3. The van der Waals surface area contributed by atoms with E-state index in [0.717, 1.165) is 36.0 Å². The molecule has 2 aromatic heterocycles. The molecular formula is C13H17N3O. The molecule has 17 heavy (non-hydrogen) atoms. The van der Waals surface area contributed by atoms with Crippen molar-refractivity contribution in [2.75, 3.05) is 6.54 Å². The molecule has 0 aliphatic carbocycles. The van der Waals surface area contributed by atoms with Crippen molar-refractivity contribution < 1.29 is 4.42 Å². The molecule has 1 saturated heterocycles. The van der Waals surface area contributed by atoms with Crippen LogP contribution in [0.1, 0.15) is 24.4 Å². The molecule has 0 amide bonds. The van der Waals surface area contributed by atoms with E-state index in [9.17, 15) is 0 Å². The molecule has 3 heterocycles. The van der Waals surface area contributed by atoms with E-state index in [1.54, 1.807) is 0 Å². The number of aromatic amines is 1. The van der Waals surface area contributed by atoms with E-state index >= 15 is 0 Å². The van der Waals surface area contributed by atoms with Gasteiger partial charge in [-0.3, -0.25) is 0 Å². The van der Waals surface area contributed by atoms with Gasteiger partial charge in [-0.1, -0.05) is 0 Å². The summed E-state index contributed by atoms with van der Waals surface area (Å²) < 4.78 is 5.57. The normalized spacial score (nSPS) is 19.9. The van der Waals surface area contributed by atoms with E-state index < -0.39 is 0 Å². The first-order valence-electron chi connectivity index (χ1n) is 6.15. The molecule has 4 nitrogen and oxygen atoms in total. The van der Waals surface area contributed by atoms with Crippen LogP contribution in [0.4, 0.5) is 0 Å². The predicted octanol–water partition coefficient (Wildman–Crippen LogP) is 2.27. The lowest BCUT2D eigenvalue weighted by atomic mass is 10.1. The SMILES string of the molecule is Cc1ccc(-c2cnc(CC3CCCN3)[nH]2)o1. The monoisotopic (exact) mass is 231 g/mol. The van der Waals surface area contributed by atoms with Crippen LogP contribution in [0.15, 0.2) is 22.7 Å². The minimum absolute atomic E-state index is 0.576. The summed E-state index contributed by atoms with van der Waals surface area (Å²) >= 11 is 0. The second-order valence-corrected chi connectivity index (χ2v) is 4.65. The zero-order valence-corrected chi connectivity index (χ0v) is 9.99. The van der Waals surface area contributed by atoms with Gasteiger partial charge in [-0.2, -0.15) is 0 Å². The summed E-state index contributed by atoms with van der Waals surface area (Å²) in [5, 5.41) is 3.47. The lowest BCUT2D eigenvalue weighted by Gasteiger charge is -2.06. The minimum atomic E-state index is 0.576. The van der Waals surface area contributed by atoms with Gasteiger partial charge in [0.05, 0.1) is 6.20 Å². The van der Waals surface area contributed by atoms with Crippen LogP contribution in [0.2, 0.25) is 0 Å². The number of imidazole rings is 1. The van der Waals surface area contributed by atoms with E-state index in [2.05, 4.69) is 15.3 Å². The van der Waals surface area contributed by atoms with Crippen LogP contribution in [-0.4, -0.2) is 22.6 Å². The van der Waals surface area contributed by atoms with Gasteiger partial charge >= 0.3 is 0 Å². The number of furan rings is 1. The summed E-state index contributed by atoms with van der Waals surface area (Å²) in [6.07, 6.45) is 5.34. The van der Waals surface area contributed by atoms with E-state index in [1.807, 2.05) is 25.3 Å². The summed E-state index contributed by atoms with van der Waals surface area (Å²) in [6, 6.07) is 4.52. The summed E-state index contributed by atoms with van der Waals surface area (Å²) in [5.41, 5.74) is 0.964. The topological polar surface area (TPSA) is 53.9 Å². The average molecular weight is 231 g/mol. The van der Waals surface area contributed by atoms with Crippen molar-refractivity contribution in [1.29, 1.82) is 0 Å². The van der Waals surface area contributed by atoms with Crippen molar-refractivity contribution in [3.63, 3.8) is 0 Å². The number of nitrogens with one attached hydrogen (secondary N) is 2. The maximum absolute atomic E-state index is 5.57. The average Bonchev–Trinajstić information content (AvgIpc) is 2.99. The Bertz CT molecular complexity index is 494. The highest BCUT2D eigenvalue weighted by Gasteiger charge is 2.16. The maximum atomic E-state index is 5.57. The number of hydrogen-bond donors (Lipinski definition) is 2. The van der Waals surface area contributed by atoms with Crippen LogP contribution in [-0.2, 0) is 6.42 Å². The van der Waals surface area contributed by atoms with Gasteiger partial charge in [-0.05, 0) is 38.4 Å². The summed E-state index contributed by atoms with van der Waals surface area (Å²) in [7, 11) is 0. The highest BCUT2D eigenvalue weighted by molar-refractivity contribution is 5.51. The molecule has 0 aromatic carbocycles.